The van der Waals surface area contributed by atoms with E-state index in [9.17, 15) is 53.1 Å². The summed E-state index contributed by atoms with van der Waals surface area (Å²) in [6.07, 6.45) is -14.9. The van der Waals surface area contributed by atoms with Crippen molar-refractivity contribution in [1.82, 2.24) is 0 Å². The van der Waals surface area contributed by atoms with Crippen molar-refractivity contribution in [1.29, 1.82) is 0 Å². The Kier molecular flexibility index (Phi) is 4.16. The first-order chi connectivity index (χ1) is 7.94. The number of rotatable bonds is 3. The van der Waals surface area contributed by atoms with E-state index >= 15 is 0 Å². The molecular weight excluding hydrogens is 332 g/mol. The van der Waals surface area contributed by atoms with Gasteiger partial charge in [-0.25, -0.2) is 4.39 Å². The van der Waals surface area contributed by atoms with Crippen molar-refractivity contribution in [3.63, 3.8) is 0 Å². The van der Waals surface area contributed by atoms with Gasteiger partial charge in [0.05, 0.1) is 0 Å². The third-order valence-electron chi connectivity index (χ3n) is 1.86. The molecule has 19 heavy (non-hydrogen) atoms. The van der Waals surface area contributed by atoms with Crippen LogP contribution in [0.1, 0.15) is 0 Å². The molecule has 0 saturated carbocycles. The lowest BCUT2D eigenvalue weighted by molar-refractivity contribution is -0.419. The van der Waals surface area contributed by atoms with Gasteiger partial charge in [-0.05, 0) is 11.6 Å². The third-order valence-corrected chi connectivity index (χ3v) is 2.09. The largest absolute Gasteiger partial charge is 0.438 e. The summed E-state index contributed by atoms with van der Waals surface area (Å²) < 4.78 is 134. The van der Waals surface area contributed by atoms with Gasteiger partial charge >= 0.3 is 29.9 Å². The highest BCUT2D eigenvalue weighted by atomic mass is 35.5. The Morgan fingerprint density at radius 3 is 1.11 bits per heavy atom. The van der Waals surface area contributed by atoms with Gasteiger partial charge in [-0.1, -0.05) is 0 Å². The number of hydrogen-bond acceptors (Lipinski definition) is 1. The van der Waals surface area contributed by atoms with Crippen molar-refractivity contribution >= 4 is 16.8 Å². The molecule has 0 aromatic heterocycles. The molecule has 114 valence electrons. The van der Waals surface area contributed by atoms with Crippen LogP contribution in [0.4, 0.5) is 48.3 Å². The average molecular weight is 332 g/mol. The van der Waals surface area contributed by atoms with Crippen molar-refractivity contribution < 1.29 is 53.1 Å². The highest BCUT2D eigenvalue weighted by Crippen LogP contribution is 2.59. The summed E-state index contributed by atoms with van der Waals surface area (Å²) in [6, 6.07) is 0. The standard InChI is InChI=1S/C6ClF11O/c7-1(19)2(8,9)4(11,12)3(10,5(13,14)15)6(16,17)18. The smallest absolute Gasteiger partial charge is 0.274 e. The van der Waals surface area contributed by atoms with Gasteiger partial charge in [0.15, 0.2) is 0 Å². The monoisotopic (exact) mass is 332 g/mol. The Balaban J connectivity index is 6.29. The molecule has 0 saturated heterocycles. The SMILES string of the molecule is O=C(Cl)C(F)(F)C(F)(F)C(F)(C(F)(F)F)C(F)(F)F. The van der Waals surface area contributed by atoms with E-state index in [0.717, 1.165) is 0 Å². The van der Waals surface area contributed by atoms with E-state index in [1.165, 1.54) is 0 Å². The van der Waals surface area contributed by atoms with E-state index in [-0.39, 0.29) is 0 Å². The topological polar surface area (TPSA) is 17.1 Å². The van der Waals surface area contributed by atoms with Crippen LogP contribution in [0.15, 0.2) is 0 Å². The Labute approximate surface area is 101 Å². The molecule has 1 nitrogen and oxygen atoms in total. The predicted molar refractivity (Wildman–Crippen MR) is 36.7 cm³/mol. The van der Waals surface area contributed by atoms with Gasteiger partial charge in [-0.15, -0.1) is 0 Å². The van der Waals surface area contributed by atoms with Crippen LogP contribution in [-0.2, 0) is 4.79 Å². The number of hydrogen-bond donors (Lipinski definition) is 0. The molecule has 0 amide bonds. The van der Waals surface area contributed by atoms with Crippen LogP contribution >= 0.6 is 11.6 Å². The Hall–Kier alpha value is -0.810. The molecular formula is C6ClF11O. The molecule has 0 N–H and O–H groups in total. The fourth-order valence-electron chi connectivity index (χ4n) is 0.856. The first-order valence-electron chi connectivity index (χ1n) is 3.72. The van der Waals surface area contributed by atoms with Gasteiger partial charge in [-0.2, -0.15) is 43.9 Å². The number of halogens is 12. The van der Waals surface area contributed by atoms with Crippen molar-refractivity contribution in [2.75, 3.05) is 0 Å². The van der Waals surface area contributed by atoms with Crippen LogP contribution in [-0.4, -0.2) is 35.1 Å². The molecule has 0 aromatic rings. The molecule has 0 aliphatic rings. The average Bonchev–Trinajstić information content (AvgIpc) is 2.11. The minimum absolute atomic E-state index is 3.58. The van der Waals surface area contributed by atoms with Crippen molar-refractivity contribution in [3.8, 4) is 0 Å². The van der Waals surface area contributed by atoms with Crippen LogP contribution in [0.5, 0.6) is 0 Å². The summed E-state index contributed by atoms with van der Waals surface area (Å²) >= 11 is 3.79. The van der Waals surface area contributed by atoms with E-state index < -0.39 is 35.1 Å². The Morgan fingerprint density at radius 2 is 0.947 bits per heavy atom. The Morgan fingerprint density at radius 1 is 0.684 bits per heavy atom. The molecule has 0 heterocycles. The van der Waals surface area contributed by atoms with Crippen LogP contribution in [0, 0.1) is 0 Å². The second kappa shape index (κ2) is 4.35. The van der Waals surface area contributed by atoms with Gasteiger partial charge < -0.3 is 0 Å². The normalized spacial score (nSPS) is 15.6. The molecule has 0 aliphatic carbocycles. The minimum atomic E-state index is -7.65. The molecule has 0 radical (unpaired) electrons. The summed E-state index contributed by atoms with van der Waals surface area (Å²) in [5.74, 6) is -14.2. The highest BCUT2D eigenvalue weighted by Gasteiger charge is 2.91. The molecule has 0 fully saturated rings. The second-order valence-electron chi connectivity index (χ2n) is 3.08. The molecule has 0 spiro atoms. The zero-order valence-electron chi connectivity index (χ0n) is 7.94. The van der Waals surface area contributed by atoms with Crippen LogP contribution in [0.25, 0.3) is 0 Å². The van der Waals surface area contributed by atoms with Crippen LogP contribution in [0.3, 0.4) is 0 Å². The molecule has 0 atom stereocenters. The van der Waals surface area contributed by atoms with Gasteiger partial charge in [-0.3, -0.25) is 4.79 Å². The maximum atomic E-state index is 12.7. The van der Waals surface area contributed by atoms with Crippen molar-refractivity contribution in [2.45, 2.75) is 29.9 Å². The van der Waals surface area contributed by atoms with Crippen LogP contribution in [0.2, 0.25) is 0 Å². The van der Waals surface area contributed by atoms with E-state index in [1.54, 1.807) is 0 Å². The predicted octanol–water partition coefficient (Wildman–Crippen LogP) is 3.86. The zero-order valence-corrected chi connectivity index (χ0v) is 8.70. The molecule has 0 aliphatic heterocycles. The van der Waals surface area contributed by atoms with E-state index in [1.807, 2.05) is 0 Å². The first kappa shape index (κ1) is 18.2. The zero-order chi connectivity index (χ0) is 16.1. The fourth-order valence-corrected chi connectivity index (χ4v) is 0.975. The molecule has 0 rings (SSSR count). The van der Waals surface area contributed by atoms with Gasteiger partial charge in [0.1, 0.15) is 0 Å². The number of alkyl halides is 11. The first-order valence-corrected chi connectivity index (χ1v) is 4.10. The number of carbonyl (C=O) groups excluding carboxylic acids is 1. The van der Waals surface area contributed by atoms with Gasteiger partial charge in [0, 0.05) is 0 Å². The molecule has 13 heteroatoms. The Bertz CT molecular complexity index is 352. The van der Waals surface area contributed by atoms with Gasteiger partial charge in [0.25, 0.3) is 5.24 Å². The summed E-state index contributed by atoms with van der Waals surface area (Å²) in [5.41, 5.74) is -7.65. The van der Waals surface area contributed by atoms with Crippen molar-refractivity contribution in [2.24, 2.45) is 0 Å². The van der Waals surface area contributed by atoms with Crippen molar-refractivity contribution in [3.05, 3.63) is 0 Å². The summed E-state index contributed by atoms with van der Waals surface area (Å²) in [6.45, 7) is 0. The maximum absolute atomic E-state index is 12.7. The van der Waals surface area contributed by atoms with E-state index in [4.69, 9.17) is 0 Å². The van der Waals surface area contributed by atoms with E-state index in [0.29, 0.717) is 0 Å². The lowest BCUT2D eigenvalue weighted by Crippen LogP contribution is -2.71. The summed E-state index contributed by atoms with van der Waals surface area (Å²) in [7, 11) is 0. The third kappa shape index (κ3) is 2.34. The molecule has 0 aromatic carbocycles. The second-order valence-corrected chi connectivity index (χ2v) is 3.42. The lowest BCUT2D eigenvalue weighted by Gasteiger charge is -2.38. The minimum Gasteiger partial charge on any atom is -0.274 e. The van der Waals surface area contributed by atoms with E-state index in [2.05, 4.69) is 11.6 Å². The highest BCUT2D eigenvalue weighted by molar-refractivity contribution is 6.65. The molecule has 0 bridgehead atoms. The summed E-state index contributed by atoms with van der Waals surface area (Å²) in [5, 5.41) is -3.58. The fraction of sp³-hybridized carbons (Fsp3) is 0.833. The quantitative estimate of drug-likeness (QED) is 0.567. The maximum Gasteiger partial charge on any atom is 0.438 e. The molecule has 0 unspecified atom stereocenters. The number of carbonyl (C=O) groups is 1. The van der Waals surface area contributed by atoms with Crippen LogP contribution < -0.4 is 0 Å². The lowest BCUT2D eigenvalue weighted by atomic mass is 9.91. The van der Waals surface area contributed by atoms with Gasteiger partial charge in [0.2, 0.25) is 0 Å². The summed E-state index contributed by atoms with van der Waals surface area (Å²) in [4.78, 5) is 9.85.